The van der Waals surface area contributed by atoms with E-state index < -0.39 is 0 Å². The van der Waals surface area contributed by atoms with Gasteiger partial charge in [0.1, 0.15) is 5.82 Å². The van der Waals surface area contributed by atoms with Gasteiger partial charge >= 0.3 is 0 Å². The summed E-state index contributed by atoms with van der Waals surface area (Å²) < 4.78 is 13.3. The Labute approximate surface area is 104 Å². The van der Waals surface area contributed by atoms with Crippen molar-refractivity contribution in [2.24, 2.45) is 5.92 Å². The van der Waals surface area contributed by atoms with E-state index in [-0.39, 0.29) is 5.82 Å². The lowest BCUT2D eigenvalue weighted by molar-refractivity contribution is 0.419. The second-order valence-electron chi connectivity index (χ2n) is 4.75. The van der Waals surface area contributed by atoms with Gasteiger partial charge in [-0.05, 0) is 42.5 Å². The summed E-state index contributed by atoms with van der Waals surface area (Å²) in [6.07, 6.45) is 2.26. The molecule has 0 saturated carbocycles. The van der Waals surface area contributed by atoms with E-state index in [0.29, 0.717) is 11.8 Å². The van der Waals surface area contributed by atoms with Crippen LogP contribution in [0, 0.1) is 11.7 Å². The monoisotopic (exact) mass is 237 g/mol. The van der Waals surface area contributed by atoms with E-state index in [1.165, 1.54) is 6.07 Å². The molecule has 0 bridgehead atoms. The molecule has 2 atom stereocenters. The topological polar surface area (TPSA) is 12.0 Å². The maximum absolute atomic E-state index is 13.3. The highest BCUT2D eigenvalue weighted by atomic mass is 19.1. The SMILES string of the molecule is CCCNCC(c1cccc(F)c1)C(C)CC. The predicted octanol–water partition coefficient (Wildman–Crippen LogP) is 3.96. The minimum absolute atomic E-state index is 0.133. The van der Waals surface area contributed by atoms with Crippen LogP contribution in [0.5, 0.6) is 0 Å². The van der Waals surface area contributed by atoms with E-state index in [1.807, 2.05) is 6.07 Å². The molecule has 0 aliphatic carbocycles. The molecule has 0 aliphatic heterocycles. The molecule has 96 valence electrons. The number of hydrogen-bond donors (Lipinski definition) is 1. The fourth-order valence-corrected chi connectivity index (χ4v) is 2.10. The Balaban J connectivity index is 2.74. The lowest BCUT2D eigenvalue weighted by Gasteiger charge is -2.24. The van der Waals surface area contributed by atoms with E-state index in [1.54, 1.807) is 12.1 Å². The Kier molecular flexibility index (Phi) is 6.20. The molecule has 17 heavy (non-hydrogen) atoms. The van der Waals surface area contributed by atoms with E-state index >= 15 is 0 Å². The van der Waals surface area contributed by atoms with E-state index in [0.717, 1.165) is 31.5 Å². The molecule has 2 unspecified atom stereocenters. The summed E-state index contributed by atoms with van der Waals surface area (Å²) in [6.45, 7) is 8.56. The van der Waals surface area contributed by atoms with Crippen molar-refractivity contribution in [2.75, 3.05) is 13.1 Å². The summed E-state index contributed by atoms with van der Waals surface area (Å²) in [5.41, 5.74) is 1.11. The third-order valence-electron chi connectivity index (χ3n) is 3.40. The quantitative estimate of drug-likeness (QED) is 0.708. The van der Waals surface area contributed by atoms with Crippen molar-refractivity contribution in [2.45, 2.75) is 39.5 Å². The van der Waals surface area contributed by atoms with Gasteiger partial charge in [-0.15, -0.1) is 0 Å². The first-order valence-corrected chi connectivity index (χ1v) is 6.65. The average molecular weight is 237 g/mol. The van der Waals surface area contributed by atoms with Gasteiger partial charge in [0.2, 0.25) is 0 Å². The molecule has 0 saturated heterocycles. The maximum atomic E-state index is 13.3. The maximum Gasteiger partial charge on any atom is 0.123 e. The van der Waals surface area contributed by atoms with Crippen LogP contribution in [0.4, 0.5) is 4.39 Å². The molecule has 0 aromatic heterocycles. The number of benzene rings is 1. The smallest absolute Gasteiger partial charge is 0.123 e. The van der Waals surface area contributed by atoms with Gasteiger partial charge in [-0.3, -0.25) is 0 Å². The first-order valence-electron chi connectivity index (χ1n) is 6.65. The summed E-state index contributed by atoms with van der Waals surface area (Å²) >= 11 is 0. The van der Waals surface area contributed by atoms with Crippen LogP contribution >= 0.6 is 0 Å². The molecular weight excluding hydrogens is 213 g/mol. The zero-order chi connectivity index (χ0) is 12.7. The lowest BCUT2D eigenvalue weighted by Crippen LogP contribution is -2.26. The molecule has 0 aliphatic rings. The van der Waals surface area contributed by atoms with Crippen molar-refractivity contribution in [3.05, 3.63) is 35.6 Å². The van der Waals surface area contributed by atoms with E-state index in [2.05, 4.69) is 26.1 Å². The third-order valence-corrected chi connectivity index (χ3v) is 3.40. The molecule has 0 fully saturated rings. The second kappa shape index (κ2) is 7.44. The van der Waals surface area contributed by atoms with Crippen LogP contribution < -0.4 is 5.32 Å². The van der Waals surface area contributed by atoms with Crippen LogP contribution in [0.1, 0.15) is 45.1 Å². The summed E-state index contributed by atoms with van der Waals surface area (Å²) in [4.78, 5) is 0. The summed E-state index contributed by atoms with van der Waals surface area (Å²) in [6, 6.07) is 7.02. The van der Waals surface area contributed by atoms with Gasteiger partial charge in [-0.2, -0.15) is 0 Å². The van der Waals surface area contributed by atoms with Crippen LogP contribution in [0.15, 0.2) is 24.3 Å². The minimum Gasteiger partial charge on any atom is -0.316 e. The number of nitrogens with one attached hydrogen (secondary N) is 1. The van der Waals surface area contributed by atoms with Crippen LogP contribution in [0.25, 0.3) is 0 Å². The van der Waals surface area contributed by atoms with Crippen LogP contribution in [0.3, 0.4) is 0 Å². The zero-order valence-electron chi connectivity index (χ0n) is 11.2. The van der Waals surface area contributed by atoms with Crippen LogP contribution in [-0.4, -0.2) is 13.1 Å². The summed E-state index contributed by atoms with van der Waals surface area (Å²) in [7, 11) is 0. The normalized spacial score (nSPS) is 14.6. The van der Waals surface area contributed by atoms with Crippen molar-refractivity contribution in [1.82, 2.24) is 5.32 Å². The molecule has 2 heteroatoms. The Morgan fingerprint density at radius 3 is 2.65 bits per heavy atom. The van der Waals surface area contributed by atoms with Gasteiger partial charge in [-0.25, -0.2) is 4.39 Å². The average Bonchev–Trinajstić information content (AvgIpc) is 2.34. The molecule has 0 heterocycles. The highest BCUT2D eigenvalue weighted by Crippen LogP contribution is 2.26. The van der Waals surface area contributed by atoms with Gasteiger partial charge in [0.25, 0.3) is 0 Å². The minimum atomic E-state index is -0.133. The Morgan fingerprint density at radius 1 is 1.29 bits per heavy atom. The number of hydrogen-bond acceptors (Lipinski definition) is 1. The first-order chi connectivity index (χ1) is 8.19. The van der Waals surface area contributed by atoms with Crippen LogP contribution in [0.2, 0.25) is 0 Å². The Bertz CT molecular complexity index is 324. The molecule has 0 spiro atoms. The number of rotatable bonds is 7. The highest BCUT2D eigenvalue weighted by molar-refractivity contribution is 5.21. The van der Waals surface area contributed by atoms with E-state index in [9.17, 15) is 4.39 Å². The Morgan fingerprint density at radius 2 is 2.06 bits per heavy atom. The summed E-state index contributed by atoms with van der Waals surface area (Å²) in [5.74, 6) is 0.842. The zero-order valence-corrected chi connectivity index (χ0v) is 11.2. The standard InChI is InChI=1S/C15H24FN/c1-4-9-17-11-15(12(3)5-2)13-7-6-8-14(16)10-13/h6-8,10,12,15,17H,4-5,9,11H2,1-3H3. The van der Waals surface area contributed by atoms with E-state index in [4.69, 9.17) is 0 Å². The highest BCUT2D eigenvalue weighted by Gasteiger charge is 2.17. The summed E-state index contributed by atoms with van der Waals surface area (Å²) in [5, 5.41) is 3.45. The fourth-order valence-electron chi connectivity index (χ4n) is 2.10. The van der Waals surface area contributed by atoms with Gasteiger partial charge < -0.3 is 5.32 Å². The second-order valence-corrected chi connectivity index (χ2v) is 4.75. The van der Waals surface area contributed by atoms with Gasteiger partial charge in [0.15, 0.2) is 0 Å². The first kappa shape index (κ1) is 14.2. The fraction of sp³-hybridized carbons (Fsp3) is 0.600. The third kappa shape index (κ3) is 4.47. The van der Waals surface area contributed by atoms with Crippen LogP contribution in [-0.2, 0) is 0 Å². The van der Waals surface area contributed by atoms with Gasteiger partial charge in [-0.1, -0.05) is 39.3 Å². The van der Waals surface area contributed by atoms with Crippen molar-refractivity contribution in [3.8, 4) is 0 Å². The molecule has 1 nitrogen and oxygen atoms in total. The van der Waals surface area contributed by atoms with Gasteiger partial charge in [0.05, 0.1) is 0 Å². The number of halogens is 1. The molecule has 1 N–H and O–H groups in total. The molecule has 1 rings (SSSR count). The molecular formula is C15H24FN. The van der Waals surface area contributed by atoms with Crippen molar-refractivity contribution in [3.63, 3.8) is 0 Å². The van der Waals surface area contributed by atoms with Crippen molar-refractivity contribution < 1.29 is 4.39 Å². The molecule has 0 radical (unpaired) electrons. The largest absolute Gasteiger partial charge is 0.316 e. The molecule has 1 aromatic rings. The Hall–Kier alpha value is -0.890. The predicted molar refractivity (Wildman–Crippen MR) is 71.8 cm³/mol. The van der Waals surface area contributed by atoms with Crippen molar-refractivity contribution in [1.29, 1.82) is 0 Å². The van der Waals surface area contributed by atoms with Gasteiger partial charge in [0, 0.05) is 6.54 Å². The van der Waals surface area contributed by atoms with Crippen molar-refractivity contribution >= 4 is 0 Å². The lowest BCUT2D eigenvalue weighted by atomic mass is 9.85. The molecule has 1 aromatic carbocycles. The molecule has 0 amide bonds.